The maximum absolute atomic E-state index is 13.6. The molecule has 1 amide bonds. The van der Waals surface area contributed by atoms with Crippen LogP contribution in [-0.4, -0.2) is 74.8 Å². The first kappa shape index (κ1) is 23.6. The molecule has 1 aliphatic heterocycles. The number of carbonyl (C=O) groups excluding carboxylic acids is 1. The Morgan fingerprint density at radius 3 is 2.70 bits per heavy atom. The van der Waals surface area contributed by atoms with Crippen molar-refractivity contribution in [2.24, 2.45) is 0 Å². The van der Waals surface area contributed by atoms with E-state index in [-0.39, 0.29) is 12.5 Å². The molecular weight excluding hydrogens is 468 g/mol. The van der Waals surface area contributed by atoms with Gasteiger partial charge >= 0.3 is 0 Å². The van der Waals surface area contributed by atoms with E-state index in [9.17, 15) is 4.79 Å². The van der Waals surface area contributed by atoms with E-state index in [2.05, 4.69) is 44.2 Å². The van der Waals surface area contributed by atoms with E-state index in [4.69, 9.17) is 9.15 Å². The molecule has 4 heterocycles. The molecule has 0 saturated carbocycles. The number of methoxy groups -OCH3 is 1. The second kappa shape index (κ2) is 10.3. The second-order valence-electron chi connectivity index (χ2n) is 9.56. The number of aromatic nitrogens is 4. The molecule has 1 fully saturated rings. The predicted molar refractivity (Wildman–Crippen MR) is 137 cm³/mol. The fourth-order valence-corrected chi connectivity index (χ4v) is 5.46. The van der Waals surface area contributed by atoms with Gasteiger partial charge in [0.25, 0.3) is 11.9 Å². The zero-order valence-electron chi connectivity index (χ0n) is 20.9. The predicted octanol–water partition coefficient (Wildman–Crippen LogP) is 3.38. The molecule has 9 heteroatoms. The average Bonchev–Trinajstić information content (AvgIpc) is 3.64. The van der Waals surface area contributed by atoms with Crippen LogP contribution in [0.3, 0.4) is 0 Å². The van der Waals surface area contributed by atoms with E-state index < -0.39 is 0 Å². The number of hydrogen-bond acceptors (Lipinski definition) is 7. The third-order valence-electron chi connectivity index (χ3n) is 7.42. The Morgan fingerprint density at radius 1 is 1.08 bits per heavy atom. The van der Waals surface area contributed by atoms with Gasteiger partial charge in [0.05, 0.1) is 30.3 Å². The van der Waals surface area contributed by atoms with Crippen LogP contribution in [0, 0.1) is 0 Å². The molecule has 1 atom stereocenters. The van der Waals surface area contributed by atoms with Gasteiger partial charge in [-0.2, -0.15) is 9.78 Å². The lowest BCUT2D eigenvalue weighted by atomic mass is 9.87. The topological polar surface area (TPSA) is 89.5 Å². The molecule has 1 unspecified atom stereocenters. The molecule has 0 radical (unpaired) electrons. The van der Waals surface area contributed by atoms with E-state index in [0.717, 1.165) is 25.9 Å². The van der Waals surface area contributed by atoms with Crippen molar-refractivity contribution in [3.63, 3.8) is 0 Å². The molecule has 1 saturated heterocycles. The van der Waals surface area contributed by atoms with Crippen LogP contribution in [0.5, 0.6) is 0 Å². The van der Waals surface area contributed by atoms with E-state index >= 15 is 0 Å². The number of aryl methyl sites for hydroxylation is 1. The molecular formula is C28H30N6O3. The van der Waals surface area contributed by atoms with Crippen molar-refractivity contribution in [3.8, 4) is 17.4 Å². The lowest BCUT2D eigenvalue weighted by molar-refractivity contribution is 0.0549. The smallest absolute Gasteiger partial charge is 0.257 e. The summed E-state index contributed by atoms with van der Waals surface area (Å²) in [5, 5.41) is 4.48. The highest BCUT2D eigenvalue weighted by Gasteiger charge is 2.31. The Bertz CT molecular complexity index is 1370. The van der Waals surface area contributed by atoms with Gasteiger partial charge in [0.2, 0.25) is 0 Å². The monoisotopic (exact) mass is 498 g/mol. The number of hydrogen-bond donors (Lipinski definition) is 0. The minimum atomic E-state index is -0.0332. The van der Waals surface area contributed by atoms with Gasteiger partial charge in [0.1, 0.15) is 5.69 Å². The largest absolute Gasteiger partial charge is 0.463 e. The Hall–Kier alpha value is -3.82. The minimum absolute atomic E-state index is 0.0332. The molecule has 3 aromatic heterocycles. The van der Waals surface area contributed by atoms with Gasteiger partial charge in [-0.3, -0.25) is 9.69 Å². The Morgan fingerprint density at radius 2 is 1.92 bits per heavy atom. The van der Waals surface area contributed by atoms with E-state index in [0.29, 0.717) is 47.8 Å². The van der Waals surface area contributed by atoms with E-state index in [1.165, 1.54) is 17.5 Å². The summed E-state index contributed by atoms with van der Waals surface area (Å²) in [4.78, 5) is 27.0. The number of ether oxygens (including phenoxy) is 1. The third-order valence-corrected chi connectivity index (χ3v) is 7.42. The van der Waals surface area contributed by atoms with Gasteiger partial charge in [-0.1, -0.05) is 24.3 Å². The molecule has 0 N–H and O–H groups in total. The van der Waals surface area contributed by atoms with Gasteiger partial charge in [0.15, 0.2) is 5.76 Å². The maximum atomic E-state index is 13.6. The van der Waals surface area contributed by atoms with Gasteiger partial charge in [-0.15, -0.1) is 0 Å². The van der Waals surface area contributed by atoms with Crippen LogP contribution in [0.4, 0.5) is 0 Å². The van der Waals surface area contributed by atoms with Gasteiger partial charge in [-0.25, -0.2) is 9.97 Å². The number of fused-ring (bicyclic) bond motifs is 1. The van der Waals surface area contributed by atoms with Crippen LogP contribution in [0.15, 0.2) is 65.5 Å². The fraction of sp³-hybridized carbons (Fsp3) is 0.357. The molecule has 9 nitrogen and oxygen atoms in total. The number of rotatable bonds is 6. The summed E-state index contributed by atoms with van der Waals surface area (Å²) in [5.41, 5.74) is 4.74. The molecule has 4 aromatic rings. The van der Waals surface area contributed by atoms with Crippen LogP contribution in [-0.2, 0) is 24.2 Å². The van der Waals surface area contributed by atoms with Crippen molar-refractivity contribution in [1.29, 1.82) is 0 Å². The molecule has 6 rings (SSSR count). The standard InChI is InChI=1S/C28H30N6O3/c1-36-19-25-23(18-30-34(25)28-29-11-10-24(31-28)26-7-4-16-37-26)27(35)33-14-12-32(13-15-33)22-9-8-20-5-2-3-6-21(20)17-22/h2-7,10-11,16,18,22H,8-9,12-15,17,19H2,1H3. The third kappa shape index (κ3) is 4.68. The molecule has 0 bridgehead atoms. The maximum Gasteiger partial charge on any atom is 0.257 e. The first-order valence-electron chi connectivity index (χ1n) is 12.7. The summed E-state index contributed by atoms with van der Waals surface area (Å²) < 4.78 is 12.5. The minimum Gasteiger partial charge on any atom is -0.463 e. The summed E-state index contributed by atoms with van der Waals surface area (Å²) >= 11 is 0. The number of nitrogens with zero attached hydrogens (tertiary/aromatic N) is 6. The molecule has 0 spiro atoms. The van der Waals surface area contributed by atoms with Gasteiger partial charge in [0, 0.05) is 45.5 Å². The van der Waals surface area contributed by atoms with Crippen molar-refractivity contribution in [3.05, 3.63) is 83.5 Å². The van der Waals surface area contributed by atoms with Crippen LogP contribution in [0.1, 0.15) is 33.6 Å². The SMILES string of the molecule is COCc1c(C(=O)N2CCN(C3CCc4ccccc4C3)CC2)cnn1-c1nccc(-c2ccco2)n1. The second-order valence-corrected chi connectivity index (χ2v) is 9.56. The van der Waals surface area contributed by atoms with Crippen LogP contribution in [0.2, 0.25) is 0 Å². The van der Waals surface area contributed by atoms with E-state index in [1.807, 2.05) is 17.0 Å². The summed E-state index contributed by atoms with van der Waals surface area (Å²) in [6.45, 7) is 3.36. The Kier molecular flexibility index (Phi) is 6.55. The zero-order chi connectivity index (χ0) is 25.2. The summed E-state index contributed by atoms with van der Waals surface area (Å²) in [6.07, 6.45) is 8.25. The summed E-state index contributed by atoms with van der Waals surface area (Å²) in [7, 11) is 1.60. The van der Waals surface area contributed by atoms with Gasteiger partial charge in [-0.05, 0) is 48.6 Å². The molecule has 2 aliphatic rings. The lowest BCUT2D eigenvalue weighted by Crippen LogP contribution is -2.53. The highest BCUT2D eigenvalue weighted by molar-refractivity contribution is 5.95. The van der Waals surface area contributed by atoms with Crippen molar-refractivity contribution in [1.82, 2.24) is 29.5 Å². The van der Waals surface area contributed by atoms with E-state index in [1.54, 1.807) is 36.5 Å². The van der Waals surface area contributed by atoms with Crippen LogP contribution >= 0.6 is 0 Å². The average molecular weight is 499 g/mol. The summed E-state index contributed by atoms with van der Waals surface area (Å²) in [5.74, 6) is 0.969. The highest BCUT2D eigenvalue weighted by atomic mass is 16.5. The quantitative estimate of drug-likeness (QED) is 0.403. The first-order valence-corrected chi connectivity index (χ1v) is 12.7. The van der Waals surface area contributed by atoms with Crippen LogP contribution in [0.25, 0.3) is 17.4 Å². The summed E-state index contributed by atoms with van der Waals surface area (Å²) in [6, 6.07) is 14.7. The molecule has 37 heavy (non-hydrogen) atoms. The first-order chi connectivity index (χ1) is 18.2. The van der Waals surface area contributed by atoms with Crippen molar-refractivity contribution in [2.75, 3.05) is 33.3 Å². The highest BCUT2D eigenvalue weighted by Crippen LogP contribution is 2.26. The number of piperazine rings is 1. The number of amides is 1. The van der Waals surface area contributed by atoms with Crippen LogP contribution < -0.4 is 0 Å². The van der Waals surface area contributed by atoms with Gasteiger partial charge < -0.3 is 14.1 Å². The molecule has 190 valence electrons. The zero-order valence-corrected chi connectivity index (χ0v) is 20.9. The van der Waals surface area contributed by atoms with Crippen molar-refractivity contribution < 1.29 is 13.9 Å². The molecule has 1 aliphatic carbocycles. The molecule has 1 aromatic carbocycles. The fourth-order valence-electron chi connectivity index (χ4n) is 5.46. The lowest BCUT2D eigenvalue weighted by Gasteiger charge is -2.41. The Balaban J connectivity index is 1.17. The van der Waals surface area contributed by atoms with Crippen molar-refractivity contribution in [2.45, 2.75) is 31.9 Å². The number of carbonyl (C=O) groups is 1. The normalized spacial score (nSPS) is 18.1. The van der Waals surface area contributed by atoms with Crippen molar-refractivity contribution >= 4 is 5.91 Å². The number of benzene rings is 1. The number of furan rings is 1. The Labute approximate surface area is 215 Å².